The van der Waals surface area contributed by atoms with Gasteiger partial charge in [0, 0.05) is 42.2 Å². The lowest BCUT2D eigenvalue weighted by molar-refractivity contribution is 0.0552. The number of ether oxygens (including phenoxy) is 1. The Morgan fingerprint density at radius 3 is 2.42 bits per heavy atom. The van der Waals surface area contributed by atoms with Crippen LogP contribution < -0.4 is 0 Å². The molecule has 1 unspecified atom stereocenters. The molecular formula is C29H28FN3O4S. The van der Waals surface area contributed by atoms with Gasteiger partial charge in [0.2, 0.25) is 0 Å². The van der Waals surface area contributed by atoms with Gasteiger partial charge in [-0.1, -0.05) is 17.3 Å². The fourth-order valence-electron chi connectivity index (χ4n) is 5.77. The highest BCUT2D eigenvalue weighted by Crippen LogP contribution is 2.42. The van der Waals surface area contributed by atoms with E-state index in [4.69, 9.17) is 14.2 Å². The van der Waals surface area contributed by atoms with Gasteiger partial charge < -0.3 is 13.8 Å². The summed E-state index contributed by atoms with van der Waals surface area (Å²) < 4.78 is 52.4. The van der Waals surface area contributed by atoms with Gasteiger partial charge in [-0.15, -0.1) is 0 Å². The third-order valence-electron chi connectivity index (χ3n) is 7.56. The van der Waals surface area contributed by atoms with Gasteiger partial charge in [0.1, 0.15) is 11.6 Å². The van der Waals surface area contributed by atoms with Crippen molar-refractivity contribution in [2.75, 3.05) is 19.5 Å². The minimum Gasteiger partial charge on any atom is -0.381 e. The van der Waals surface area contributed by atoms with Crippen molar-refractivity contribution in [1.29, 1.82) is 0 Å². The molecule has 3 aromatic heterocycles. The van der Waals surface area contributed by atoms with E-state index in [1.54, 1.807) is 12.1 Å². The molecule has 38 heavy (non-hydrogen) atoms. The summed E-state index contributed by atoms with van der Waals surface area (Å²) in [6, 6.07) is 13.7. The number of aromatic nitrogens is 3. The summed E-state index contributed by atoms with van der Waals surface area (Å²) in [7, 11) is -3.45. The molecule has 2 aromatic carbocycles. The molecular weight excluding hydrogens is 505 g/mol. The van der Waals surface area contributed by atoms with Crippen molar-refractivity contribution in [2.45, 2.75) is 37.6 Å². The van der Waals surface area contributed by atoms with E-state index in [0.717, 1.165) is 57.2 Å². The molecule has 4 heterocycles. The highest BCUT2D eigenvalue weighted by molar-refractivity contribution is 7.90. The predicted octanol–water partition coefficient (Wildman–Crippen LogP) is 6.02. The molecule has 5 aromatic rings. The molecule has 1 atom stereocenters. The third kappa shape index (κ3) is 4.19. The summed E-state index contributed by atoms with van der Waals surface area (Å²) in [5.74, 6) is 0.589. The average Bonchev–Trinajstić information content (AvgIpc) is 3.41. The minimum atomic E-state index is -3.45. The van der Waals surface area contributed by atoms with Gasteiger partial charge in [0.15, 0.2) is 9.84 Å². The van der Waals surface area contributed by atoms with Crippen LogP contribution >= 0.6 is 0 Å². The first kappa shape index (κ1) is 24.8. The van der Waals surface area contributed by atoms with Crippen LogP contribution in [-0.2, 0) is 14.6 Å². The Morgan fingerprint density at radius 1 is 1.03 bits per heavy atom. The second-order valence-corrected chi connectivity index (χ2v) is 12.1. The van der Waals surface area contributed by atoms with Gasteiger partial charge in [-0.25, -0.2) is 12.8 Å². The van der Waals surface area contributed by atoms with Crippen molar-refractivity contribution >= 4 is 31.8 Å². The number of hydrogen-bond donors (Lipinski definition) is 0. The van der Waals surface area contributed by atoms with E-state index >= 15 is 0 Å². The number of nitrogens with zero attached hydrogens (tertiary/aromatic N) is 3. The molecule has 7 nitrogen and oxygen atoms in total. The van der Waals surface area contributed by atoms with Gasteiger partial charge in [-0.2, -0.15) is 0 Å². The zero-order chi connectivity index (χ0) is 26.6. The van der Waals surface area contributed by atoms with Crippen molar-refractivity contribution in [3.05, 3.63) is 77.6 Å². The van der Waals surface area contributed by atoms with Gasteiger partial charge in [0.25, 0.3) is 0 Å². The number of benzene rings is 2. The molecule has 1 saturated heterocycles. The smallest absolute Gasteiger partial charge is 0.175 e. The van der Waals surface area contributed by atoms with E-state index < -0.39 is 9.84 Å². The van der Waals surface area contributed by atoms with Crippen molar-refractivity contribution in [3.8, 4) is 11.1 Å². The lowest BCUT2D eigenvalue weighted by Crippen LogP contribution is -2.27. The molecule has 196 valence electrons. The number of halogens is 1. The molecule has 1 aliphatic heterocycles. The van der Waals surface area contributed by atoms with Gasteiger partial charge in [-0.3, -0.25) is 4.98 Å². The Bertz CT molecular complexity index is 1750. The Labute approximate surface area is 220 Å². The van der Waals surface area contributed by atoms with Crippen LogP contribution in [0.25, 0.3) is 33.1 Å². The quantitative estimate of drug-likeness (QED) is 0.275. The van der Waals surface area contributed by atoms with Crippen molar-refractivity contribution < 1.29 is 22.1 Å². The van der Waals surface area contributed by atoms with Gasteiger partial charge >= 0.3 is 0 Å². The van der Waals surface area contributed by atoms with Crippen LogP contribution in [0.15, 0.2) is 64.1 Å². The van der Waals surface area contributed by atoms with Crippen LogP contribution in [0.3, 0.4) is 0 Å². The summed E-state index contributed by atoms with van der Waals surface area (Å²) in [6.07, 6.45) is 4.67. The van der Waals surface area contributed by atoms with Crippen molar-refractivity contribution in [2.24, 2.45) is 5.92 Å². The Hall–Kier alpha value is -3.56. The molecule has 0 N–H and O–H groups in total. The number of hydrogen-bond acceptors (Lipinski definition) is 6. The number of rotatable bonds is 5. The van der Waals surface area contributed by atoms with Crippen LogP contribution in [0.4, 0.5) is 4.39 Å². The molecule has 0 spiro atoms. The number of fused-ring (bicyclic) bond motifs is 3. The van der Waals surface area contributed by atoms with E-state index in [9.17, 15) is 12.8 Å². The summed E-state index contributed by atoms with van der Waals surface area (Å²) in [5.41, 5.74) is 5.88. The fraction of sp³-hybridized carbons (Fsp3) is 0.310. The minimum absolute atomic E-state index is 0.184. The number of pyridine rings is 1. The molecule has 1 aliphatic rings. The van der Waals surface area contributed by atoms with Crippen molar-refractivity contribution in [1.82, 2.24) is 14.7 Å². The molecule has 1 fully saturated rings. The Balaban J connectivity index is 1.70. The summed E-state index contributed by atoms with van der Waals surface area (Å²) in [5, 5.41) is 4.97. The first-order valence-electron chi connectivity index (χ1n) is 12.6. The third-order valence-corrected chi connectivity index (χ3v) is 8.67. The van der Waals surface area contributed by atoms with Crippen LogP contribution in [0.5, 0.6) is 0 Å². The molecule has 0 aliphatic carbocycles. The molecule has 0 bridgehead atoms. The molecule has 6 rings (SSSR count). The molecule has 0 amide bonds. The predicted molar refractivity (Wildman–Crippen MR) is 143 cm³/mol. The lowest BCUT2D eigenvalue weighted by Gasteiger charge is -2.33. The summed E-state index contributed by atoms with van der Waals surface area (Å²) in [6.45, 7) is 5.04. The van der Waals surface area contributed by atoms with Crippen LogP contribution in [0.1, 0.15) is 35.9 Å². The summed E-state index contributed by atoms with van der Waals surface area (Å²) in [4.78, 5) is 5.11. The topological polar surface area (TPSA) is 87.2 Å². The SMILES string of the molecule is Cc1noc(C)c1-c1cnc2c3ccc(S(C)(=O)=O)cc3n(C(c3ccc(F)cc3)C3CCOCC3)c2c1. The van der Waals surface area contributed by atoms with Gasteiger partial charge in [-0.05, 0) is 74.6 Å². The first-order valence-corrected chi connectivity index (χ1v) is 14.5. The monoisotopic (exact) mass is 533 g/mol. The maximum Gasteiger partial charge on any atom is 0.175 e. The zero-order valence-electron chi connectivity index (χ0n) is 21.4. The zero-order valence-corrected chi connectivity index (χ0v) is 22.3. The Kier molecular flexibility index (Phi) is 6.07. The first-order chi connectivity index (χ1) is 18.2. The fourth-order valence-corrected chi connectivity index (χ4v) is 6.41. The summed E-state index contributed by atoms with van der Waals surface area (Å²) >= 11 is 0. The molecule has 0 saturated carbocycles. The molecule has 9 heteroatoms. The average molecular weight is 534 g/mol. The van der Waals surface area contributed by atoms with E-state index in [1.807, 2.05) is 38.2 Å². The van der Waals surface area contributed by atoms with Crippen LogP contribution in [0, 0.1) is 25.6 Å². The second-order valence-electron chi connectivity index (χ2n) is 10.1. The van der Waals surface area contributed by atoms with E-state index in [0.29, 0.717) is 19.0 Å². The normalized spacial score (nSPS) is 15.9. The second kappa shape index (κ2) is 9.32. The van der Waals surface area contributed by atoms with Crippen LogP contribution in [0.2, 0.25) is 0 Å². The molecule has 0 radical (unpaired) electrons. The maximum atomic E-state index is 14.0. The van der Waals surface area contributed by atoms with Crippen LogP contribution in [-0.4, -0.2) is 42.6 Å². The van der Waals surface area contributed by atoms with E-state index in [-0.39, 0.29) is 22.7 Å². The van der Waals surface area contributed by atoms with E-state index in [2.05, 4.69) is 15.8 Å². The highest BCUT2D eigenvalue weighted by Gasteiger charge is 2.31. The van der Waals surface area contributed by atoms with Gasteiger partial charge in [0.05, 0.1) is 33.2 Å². The standard InChI is InChI=1S/C29H28FN3O4S/c1-17-27(18(2)37-32-17)21-14-26-28(31-16-21)24-9-8-23(38(3,34)35)15-25(24)33(26)29(20-10-12-36-13-11-20)19-4-6-22(30)7-5-19/h4-9,14-16,20,29H,10-13H2,1-3H3. The maximum absolute atomic E-state index is 14.0. The number of aryl methyl sites for hydroxylation is 2. The number of sulfone groups is 1. The largest absolute Gasteiger partial charge is 0.381 e. The lowest BCUT2D eigenvalue weighted by atomic mass is 9.86. The van der Waals surface area contributed by atoms with Crippen molar-refractivity contribution in [3.63, 3.8) is 0 Å². The Morgan fingerprint density at radius 2 is 1.76 bits per heavy atom. The highest BCUT2D eigenvalue weighted by atomic mass is 32.2. The van der Waals surface area contributed by atoms with E-state index in [1.165, 1.54) is 18.4 Å².